The molecule has 0 radical (unpaired) electrons. The molecule has 0 aliphatic rings. The maximum atomic E-state index is 4.03. The third kappa shape index (κ3) is 2.69. The Hall–Kier alpha value is -0.580. The van der Waals surface area contributed by atoms with Crippen LogP contribution in [0.3, 0.4) is 0 Å². The lowest BCUT2D eigenvalue weighted by atomic mass is 9.96. The monoisotopic (exact) mass is 200 g/mol. The number of hydrogen-bond acceptors (Lipinski definition) is 4. The zero-order valence-electron chi connectivity index (χ0n) is 8.61. The van der Waals surface area contributed by atoms with Crippen LogP contribution in [-0.2, 0) is 12.0 Å². The molecule has 0 amide bonds. The Morgan fingerprint density at radius 2 is 2.08 bits per heavy atom. The summed E-state index contributed by atoms with van der Waals surface area (Å²) in [6, 6.07) is 0. The molecule has 4 nitrogen and oxygen atoms in total. The van der Waals surface area contributed by atoms with Crippen LogP contribution in [-0.4, -0.2) is 32.2 Å². The lowest BCUT2D eigenvalue weighted by Gasteiger charge is -2.16. The molecule has 0 aliphatic carbocycles. The average molecular weight is 200 g/mol. The van der Waals surface area contributed by atoms with E-state index in [1.165, 1.54) is 0 Å². The zero-order chi connectivity index (χ0) is 9.90. The van der Waals surface area contributed by atoms with Gasteiger partial charge in [-0.05, 0) is 16.7 Å². The first-order valence-electron chi connectivity index (χ1n) is 4.31. The molecule has 0 N–H and O–H groups in total. The van der Waals surface area contributed by atoms with E-state index >= 15 is 0 Å². The highest BCUT2D eigenvalue weighted by Gasteiger charge is 2.21. The van der Waals surface area contributed by atoms with E-state index < -0.39 is 0 Å². The summed E-state index contributed by atoms with van der Waals surface area (Å²) in [6.45, 7) is 7.25. The summed E-state index contributed by atoms with van der Waals surface area (Å²) >= 11 is 1.80. The van der Waals surface area contributed by atoms with Gasteiger partial charge >= 0.3 is 0 Å². The van der Waals surface area contributed by atoms with Gasteiger partial charge in [-0.15, -0.1) is 5.10 Å². The molecule has 0 unspecified atom stereocenters. The second kappa shape index (κ2) is 4.09. The molecule has 5 heteroatoms. The van der Waals surface area contributed by atoms with Crippen molar-refractivity contribution >= 4 is 11.8 Å². The van der Waals surface area contributed by atoms with Gasteiger partial charge in [0.2, 0.25) is 0 Å². The summed E-state index contributed by atoms with van der Waals surface area (Å²) in [4.78, 5) is 0. The molecular formula is C8H16N4S. The van der Waals surface area contributed by atoms with Gasteiger partial charge in [0.05, 0.1) is 6.54 Å². The van der Waals surface area contributed by atoms with Crippen LogP contribution in [0.4, 0.5) is 0 Å². The van der Waals surface area contributed by atoms with Crippen LogP contribution in [0.2, 0.25) is 0 Å². The summed E-state index contributed by atoms with van der Waals surface area (Å²) < 4.78 is 1.89. The van der Waals surface area contributed by atoms with Crippen LogP contribution in [0, 0.1) is 0 Å². The molecule has 1 heterocycles. The van der Waals surface area contributed by atoms with E-state index in [9.17, 15) is 0 Å². The van der Waals surface area contributed by atoms with Crippen molar-refractivity contribution in [3.8, 4) is 0 Å². The minimum absolute atomic E-state index is 0.0297. The predicted molar refractivity (Wildman–Crippen MR) is 54.9 cm³/mol. The van der Waals surface area contributed by atoms with Crippen molar-refractivity contribution in [3.05, 3.63) is 5.82 Å². The number of rotatable bonds is 3. The van der Waals surface area contributed by atoms with Gasteiger partial charge in [-0.1, -0.05) is 20.8 Å². The number of thioether (sulfide) groups is 1. The Morgan fingerprint density at radius 1 is 1.38 bits per heavy atom. The minimum Gasteiger partial charge on any atom is -0.228 e. The molecule has 1 aromatic heterocycles. The van der Waals surface area contributed by atoms with Crippen molar-refractivity contribution < 1.29 is 0 Å². The van der Waals surface area contributed by atoms with E-state index in [0.717, 1.165) is 18.1 Å². The predicted octanol–water partition coefficient (Wildman–Crippen LogP) is 1.33. The van der Waals surface area contributed by atoms with Gasteiger partial charge in [-0.2, -0.15) is 11.8 Å². The van der Waals surface area contributed by atoms with E-state index in [0.29, 0.717) is 0 Å². The Bertz CT molecular complexity index is 263. The Balaban J connectivity index is 2.77. The fourth-order valence-electron chi connectivity index (χ4n) is 1.07. The molecule has 0 fully saturated rings. The van der Waals surface area contributed by atoms with Crippen molar-refractivity contribution in [2.45, 2.75) is 32.7 Å². The smallest absolute Gasteiger partial charge is 0.156 e. The van der Waals surface area contributed by atoms with Crippen LogP contribution in [0.25, 0.3) is 0 Å². The van der Waals surface area contributed by atoms with Gasteiger partial charge in [0.25, 0.3) is 0 Å². The summed E-state index contributed by atoms with van der Waals surface area (Å²) in [6.07, 6.45) is 2.08. The fraction of sp³-hybridized carbons (Fsp3) is 0.875. The van der Waals surface area contributed by atoms with Gasteiger partial charge < -0.3 is 0 Å². The second-order valence-corrected chi connectivity index (χ2v) is 4.95. The number of aryl methyl sites for hydroxylation is 1. The number of aromatic nitrogens is 4. The van der Waals surface area contributed by atoms with E-state index in [1.807, 2.05) is 4.68 Å². The van der Waals surface area contributed by atoms with E-state index in [-0.39, 0.29) is 5.41 Å². The summed E-state index contributed by atoms with van der Waals surface area (Å²) in [5.41, 5.74) is 0.0297. The highest BCUT2D eigenvalue weighted by molar-refractivity contribution is 7.98. The third-order valence-corrected chi connectivity index (χ3v) is 2.30. The van der Waals surface area contributed by atoms with Gasteiger partial charge in [0, 0.05) is 11.2 Å². The molecule has 0 aromatic carbocycles. The maximum Gasteiger partial charge on any atom is 0.156 e. The van der Waals surface area contributed by atoms with Crippen LogP contribution in [0.15, 0.2) is 0 Å². The first-order valence-corrected chi connectivity index (χ1v) is 5.70. The molecule has 0 atom stereocenters. The van der Waals surface area contributed by atoms with Crippen LogP contribution in [0.1, 0.15) is 26.6 Å². The Labute approximate surface area is 83.1 Å². The number of nitrogens with zero attached hydrogens (tertiary/aromatic N) is 4. The standard InChI is InChI=1S/C8H16N4S/c1-8(2,3)7-9-10-11-12(7)5-6-13-4/h5-6H2,1-4H3. The molecule has 13 heavy (non-hydrogen) atoms. The highest BCUT2D eigenvalue weighted by atomic mass is 32.2. The largest absolute Gasteiger partial charge is 0.228 e. The Morgan fingerprint density at radius 3 is 2.62 bits per heavy atom. The van der Waals surface area contributed by atoms with Crippen LogP contribution < -0.4 is 0 Å². The molecule has 0 saturated carbocycles. The minimum atomic E-state index is 0.0297. The molecule has 0 saturated heterocycles. The maximum absolute atomic E-state index is 4.03. The molecule has 0 spiro atoms. The van der Waals surface area contributed by atoms with Crippen molar-refractivity contribution in [2.24, 2.45) is 0 Å². The van der Waals surface area contributed by atoms with E-state index in [1.54, 1.807) is 11.8 Å². The van der Waals surface area contributed by atoms with Crippen molar-refractivity contribution in [2.75, 3.05) is 12.0 Å². The third-order valence-electron chi connectivity index (χ3n) is 1.71. The normalized spacial score (nSPS) is 12.0. The molecular weight excluding hydrogens is 184 g/mol. The summed E-state index contributed by atoms with van der Waals surface area (Å²) in [5, 5.41) is 11.7. The zero-order valence-corrected chi connectivity index (χ0v) is 9.43. The summed E-state index contributed by atoms with van der Waals surface area (Å²) in [7, 11) is 0. The van der Waals surface area contributed by atoms with Gasteiger partial charge in [0.15, 0.2) is 5.82 Å². The SMILES string of the molecule is CSCCn1nnnc1C(C)(C)C. The quantitative estimate of drug-likeness (QED) is 0.738. The van der Waals surface area contributed by atoms with Crippen LogP contribution in [0.5, 0.6) is 0 Å². The van der Waals surface area contributed by atoms with Crippen molar-refractivity contribution in [1.82, 2.24) is 20.2 Å². The van der Waals surface area contributed by atoms with E-state index in [4.69, 9.17) is 0 Å². The molecule has 0 bridgehead atoms. The van der Waals surface area contributed by atoms with E-state index in [2.05, 4.69) is 42.6 Å². The summed E-state index contributed by atoms with van der Waals surface area (Å²) in [5.74, 6) is 2.01. The second-order valence-electron chi connectivity index (χ2n) is 3.97. The first kappa shape index (κ1) is 10.5. The molecule has 74 valence electrons. The first-order chi connectivity index (χ1) is 6.05. The van der Waals surface area contributed by atoms with Crippen molar-refractivity contribution in [3.63, 3.8) is 0 Å². The lowest BCUT2D eigenvalue weighted by molar-refractivity contribution is 0.485. The molecule has 1 rings (SSSR count). The average Bonchev–Trinajstić information content (AvgIpc) is 2.47. The van der Waals surface area contributed by atoms with Gasteiger partial charge in [-0.25, -0.2) is 4.68 Å². The topological polar surface area (TPSA) is 43.6 Å². The van der Waals surface area contributed by atoms with Crippen molar-refractivity contribution in [1.29, 1.82) is 0 Å². The lowest BCUT2D eigenvalue weighted by Crippen LogP contribution is -2.20. The highest BCUT2D eigenvalue weighted by Crippen LogP contribution is 2.18. The van der Waals surface area contributed by atoms with Gasteiger partial charge in [0.1, 0.15) is 0 Å². The number of tetrazole rings is 1. The number of hydrogen-bond donors (Lipinski definition) is 0. The Kier molecular flexibility index (Phi) is 3.30. The molecule has 0 aliphatic heterocycles. The van der Waals surface area contributed by atoms with Gasteiger partial charge in [-0.3, -0.25) is 0 Å². The molecule has 1 aromatic rings. The van der Waals surface area contributed by atoms with Crippen LogP contribution >= 0.6 is 11.8 Å². The fourth-order valence-corrected chi connectivity index (χ4v) is 1.43.